The van der Waals surface area contributed by atoms with E-state index in [1.807, 2.05) is 10.7 Å². The van der Waals surface area contributed by atoms with E-state index in [9.17, 15) is 0 Å². The van der Waals surface area contributed by atoms with Gasteiger partial charge in [-0.15, -0.1) is 16.4 Å². The van der Waals surface area contributed by atoms with Gasteiger partial charge in [0.1, 0.15) is 11.4 Å². The maximum absolute atomic E-state index is 5.69. The lowest BCUT2D eigenvalue weighted by Gasteiger charge is -2.08. The van der Waals surface area contributed by atoms with Gasteiger partial charge in [0.15, 0.2) is 0 Å². The third-order valence-corrected chi connectivity index (χ3v) is 3.17. The van der Waals surface area contributed by atoms with Crippen molar-refractivity contribution >= 4 is 11.3 Å². The minimum absolute atomic E-state index is 0.436. The van der Waals surface area contributed by atoms with Gasteiger partial charge in [0.2, 0.25) is 0 Å². The monoisotopic (exact) mass is 236 g/mol. The smallest absolute Gasteiger partial charge is 0.105 e. The number of aromatic nitrogens is 3. The van der Waals surface area contributed by atoms with Crippen LogP contribution in [0.1, 0.15) is 19.5 Å². The molecule has 0 saturated carbocycles. The molecule has 2 heterocycles. The summed E-state index contributed by atoms with van der Waals surface area (Å²) in [4.78, 5) is 1.19. The lowest BCUT2D eigenvalue weighted by molar-refractivity contribution is 0.476. The second-order valence-corrected chi connectivity index (χ2v) is 5.09. The third-order valence-electron chi connectivity index (χ3n) is 2.29. The van der Waals surface area contributed by atoms with Crippen molar-refractivity contribution in [2.45, 2.75) is 26.9 Å². The third kappa shape index (κ3) is 2.15. The van der Waals surface area contributed by atoms with E-state index in [1.165, 1.54) is 4.88 Å². The van der Waals surface area contributed by atoms with Crippen LogP contribution in [0.25, 0.3) is 10.6 Å². The zero-order chi connectivity index (χ0) is 11.5. The molecule has 2 aromatic heterocycles. The van der Waals surface area contributed by atoms with E-state index in [0.29, 0.717) is 12.5 Å². The van der Waals surface area contributed by atoms with Gasteiger partial charge in [-0.25, -0.2) is 4.68 Å². The van der Waals surface area contributed by atoms with Crippen molar-refractivity contribution in [1.82, 2.24) is 15.0 Å². The average molecular weight is 236 g/mol. The van der Waals surface area contributed by atoms with Gasteiger partial charge in [0, 0.05) is 13.1 Å². The zero-order valence-electron chi connectivity index (χ0n) is 9.55. The highest BCUT2D eigenvalue weighted by Gasteiger charge is 2.15. The minimum Gasteiger partial charge on any atom is -0.325 e. The molecule has 16 heavy (non-hydrogen) atoms. The molecule has 4 nitrogen and oxygen atoms in total. The Kier molecular flexibility index (Phi) is 3.36. The van der Waals surface area contributed by atoms with Crippen LogP contribution in [0.5, 0.6) is 0 Å². The predicted octanol–water partition coefficient (Wildman–Crippen LogP) is 2.12. The first-order valence-electron chi connectivity index (χ1n) is 5.38. The lowest BCUT2D eigenvalue weighted by atomic mass is 10.2. The zero-order valence-corrected chi connectivity index (χ0v) is 10.4. The Labute approximate surface area is 99.1 Å². The number of rotatable bonds is 4. The number of nitrogens with two attached hydrogens (primary N) is 1. The molecule has 0 saturated heterocycles. The molecule has 2 rings (SSSR count). The van der Waals surface area contributed by atoms with Gasteiger partial charge in [0.25, 0.3) is 0 Å². The minimum atomic E-state index is 0.436. The van der Waals surface area contributed by atoms with Crippen LogP contribution in [0.3, 0.4) is 0 Å². The second-order valence-electron chi connectivity index (χ2n) is 4.14. The summed E-state index contributed by atoms with van der Waals surface area (Å²) in [6.45, 7) is 5.65. The van der Waals surface area contributed by atoms with Crippen LogP contribution in [0.4, 0.5) is 0 Å². The molecular weight excluding hydrogens is 220 g/mol. The molecule has 0 unspecified atom stereocenters. The molecule has 0 aliphatic rings. The maximum Gasteiger partial charge on any atom is 0.105 e. The van der Waals surface area contributed by atoms with Crippen LogP contribution in [0, 0.1) is 5.92 Å². The number of hydrogen-bond donors (Lipinski definition) is 1. The van der Waals surface area contributed by atoms with Gasteiger partial charge in [-0.1, -0.05) is 25.1 Å². The van der Waals surface area contributed by atoms with Gasteiger partial charge in [-0.2, -0.15) is 0 Å². The maximum atomic E-state index is 5.69. The molecular formula is C11H16N4S. The van der Waals surface area contributed by atoms with Gasteiger partial charge in [-0.05, 0) is 17.4 Å². The van der Waals surface area contributed by atoms with Crippen molar-refractivity contribution in [3.63, 3.8) is 0 Å². The molecule has 0 bridgehead atoms. The second kappa shape index (κ2) is 4.76. The summed E-state index contributed by atoms with van der Waals surface area (Å²) in [7, 11) is 0. The molecule has 86 valence electrons. The van der Waals surface area contributed by atoms with Crippen molar-refractivity contribution < 1.29 is 0 Å². The molecule has 0 atom stereocenters. The van der Waals surface area contributed by atoms with E-state index < -0.39 is 0 Å². The Balaban J connectivity index is 2.43. The summed E-state index contributed by atoms with van der Waals surface area (Å²) in [5, 5.41) is 10.4. The number of thiophene rings is 1. The summed E-state index contributed by atoms with van der Waals surface area (Å²) in [5.74, 6) is 0.547. The highest BCUT2D eigenvalue weighted by Crippen LogP contribution is 2.27. The topological polar surface area (TPSA) is 56.7 Å². The largest absolute Gasteiger partial charge is 0.325 e. The Morgan fingerprint density at radius 3 is 2.88 bits per heavy atom. The molecule has 2 aromatic rings. The van der Waals surface area contributed by atoms with Crippen molar-refractivity contribution in [1.29, 1.82) is 0 Å². The summed E-state index contributed by atoms with van der Waals surface area (Å²) in [5.41, 5.74) is 7.64. The first-order chi connectivity index (χ1) is 7.72. The molecule has 0 radical (unpaired) electrons. The van der Waals surface area contributed by atoms with Crippen LogP contribution in [0.2, 0.25) is 0 Å². The van der Waals surface area contributed by atoms with Gasteiger partial charge in [-0.3, -0.25) is 0 Å². The fraction of sp³-hybridized carbons (Fsp3) is 0.455. The van der Waals surface area contributed by atoms with Gasteiger partial charge < -0.3 is 5.73 Å². The molecule has 0 amide bonds. The Morgan fingerprint density at radius 2 is 2.31 bits per heavy atom. The fourth-order valence-electron chi connectivity index (χ4n) is 1.64. The van der Waals surface area contributed by atoms with E-state index in [1.54, 1.807) is 11.3 Å². The molecule has 0 fully saturated rings. The SMILES string of the molecule is CC(C)Cn1nnc(CN)c1-c1cccs1. The summed E-state index contributed by atoms with van der Waals surface area (Å²) in [6.07, 6.45) is 0. The van der Waals surface area contributed by atoms with Crippen molar-refractivity contribution in [3.8, 4) is 10.6 Å². The van der Waals surface area contributed by atoms with Crippen molar-refractivity contribution in [3.05, 3.63) is 23.2 Å². The Hall–Kier alpha value is -1.20. The fourth-order valence-corrected chi connectivity index (χ4v) is 2.44. The van der Waals surface area contributed by atoms with E-state index >= 15 is 0 Å². The first-order valence-corrected chi connectivity index (χ1v) is 6.26. The molecule has 0 spiro atoms. The van der Waals surface area contributed by atoms with Crippen LogP contribution in [0.15, 0.2) is 17.5 Å². The van der Waals surface area contributed by atoms with Crippen LogP contribution in [-0.4, -0.2) is 15.0 Å². The predicted molar refractivity (Wildman–Crippen MR) is 66.1 cm³/mol. The van der Waals surface area contributed by atoms with E-state index in [4.69, 9.17) is 5.73 Å². The molecule has 0 aromatic carbocycles. The van der Waals surface area contributed by atoms with Crippen molar-refractivity contribution in [2.75, 3.05) is 0 Å². The highest BCUT2D eigenvalue weighted by molar-refractivity contribution is 7.13. The number of nitrogens with zero attached hydrogens (tertiary/aromatic N) is 3. The Morgan fingerprint density at radius 1 is 1.50 bits per heavy atom. The molecule has 2 N–H and O–H groups in total. The van der Waals surface area contributed by atoms with Crippen LogP contribution >= 0.6 is 11.3 Å². The van der Waals surface area contributed by atoms with Crippen molar-refractivity contribution in [2.24, 2.45) is 11.7 Å². The standard InChI is InChI=1S/C11H16N4S/c1-8(2)7-15-11(9(6-12)13-14-15)10-4-3-5-16-10/h3-5,8H,6-7,12H2,1-2H3. The molecule has 5 heteroatoms. The number of hydrogen-bond acceptors (Lipinski definition) is 4. The molecule has 0 aliphatic heterocycles. The van der Waals surface area contributed by atoms with Crippen LogP contribution in [-0.2, 0) is 13.1 Å². The summed E-state index contributed by atoms with van der Waals surface area (Å²) >= 11 is 1.70. The highest BCUT2D eigenvalue weighted by atomic mass is 32.1. The summed E-state index contributed by atoms with van der Waals surface area (Å²) in [6, 6.07) is 4.12. The van der Waals surface area contributed by atoms with Gasteiger partial charge >= 0.3 is 0 Å². The lowest BCUT2D eigenvalue weighted by Crippen LogP contribution is -2.08. The average Bonchev–Trinajstić information content (AvgIpc) is 2.84. The van der Waals surface area contributed by atoms with E-state index in [0.717, 1.165) is 17.9 Å². The quantitative estimate of drug-likeness (QED) is 0.884. The Bertz CT molecular complexity index is 445. The van der Waals surface area contributed by atoms with Gasteiger partial charge in [0.05, 0.1) is 4.88 Å². The molecule has 0 aliphatic carbocycles. The summed E-state index contributed by atoms with van der Waals surface area (Å²) < 4.78 is 1.96. The normalized spacial score (nSPS) is 11.2. The van der Waals surface area contributed by atoms with E-state index in [-0.39, 0.29) is 0 Å². The van der Waals surface area contributed by atoms with E-state index in [2.05, 4.69) is 35.6 Å². The first kappa shape index (κ1) is 11.3. The van der Waals surface area contributed by atoms with Crippen LogP contribution < -0.4 is 5.73 Å².